The number of benzene rings is 1. The van der Waals surface area contributed by atoms with E-state index in [-0.39, 0.29) is 0 Å². The van der Waals surface area contributed by atoms with Crippen molar-refractivity contribution in [2.75, 3.05) is 10.9 Å². The first kappa shape index (κ1) is 19.3. The molecular weight excluding hydrogens is 411 g/mol. The van der Waals surface area contributed by atoms with Gasteiger partial charge in [0.15, 0.2) is 0 Å². The predicted octanol–water partition coefficient (Wildman–Crippen LogP) is 6.61. The summed E-state index contributed by atoms with van der Waals surface area (Å²) in [6.07, 6.45) is 1.74. The summed E-state index contributed by atoms with van der Waals surface area (Å²) in [6.45, 7) is 8.00. The summed E-state index contributed by atoms with van der Waals surface area (Å²) < 4.78 is 1.59. The van der Waals surface area contributed by atoms with Crippen molar-refractivity contribution in [1.29, 1.82) is 0 Å². The molecule has 138 valence electrons. The minimum Gasteiger partial charge on any atom is -0.253 e. The molecule has 2 heterocycles. The van der Waals surface area contributed by atoms with Gasteiger partial charge in [0.1, 0.15) is 11.0 Å². The molecule has 6 nitrogen and oxygen atoms in total. The third-order valence-electron chi connectivity index (χ3n) is 3.78. The van der Waals surface area contributed by atoms with E-state index >= 15 is 0 Å². The first-order valence-electron chi connectivity index (χ1n) is 8.10. The van der Waals surface area contributed by atoms with Crippen LogP contribution in [0.4, 0.5) is 10.3 Å². The summed E-state index contributed by atoms with van der Waals surface area (Å²) in [5, 5.41) is 10.9. The van der Waals surface area contributed by atoms with Crippen molar-refractivity contribution in [3.8, 4) is 0 Å². The zero-order valence-corrected chi connectivity index (χ0v) is 17.9. The van der Waals surface area contributed by atoms with E-state index in [0.29, 0.717) is 31.3 Å². The van der Waals surface area contributed by atoms with Gasteiger partial charge in [-0.2, -0.15) is 10.2 Å². The SMILES string of the molecule is CC/C(C)=N\Nc1nc2c(Cl)c3sc(N/N=C(\C)CC)nc3c(Cl)c2s1. The number of anilines is 2. The molecule has 0 bridgehead atoms. The van der Waals surface area contributed by atoms with Crippen molar-refractivity contribution < 1.29 is 0 Å². The molecule has 0 unspecified atom stereocenters. The van der Waals surface area contributed by atoms with Crippen molar-refractivity contribution in [2.24, 2.45) is 10.2 Å². The molecule has 1 aromatic carbocycles. The Morgan fingerprint density at radius 2 is 1.23 bits per heavy atom. The van der Waals surface area contributed by atoms with Crippen LogP contribution in [0, 0.1) is 0 Å². The summed E-state index contributed by atoms with van der Waals surface area (Å²) >= 11 is 16.0. The Balaban J connectivity index is 2.04. The first-order chi connectivity index (χ1) is 12.4. The van der Waals surface area contributed by atoms with E-state index in [1.54, 1.807) is 0 Å². The van der Waals surface area contributed by atoms with E-state index in [4.69, 9.17) is 23.2 Å². The maximum absolute atomic E-state index is 6.58. The third-order valence-corrected chi connectivity index (χ3v) is 6.69. The highest BCUT2D eigenvalue weighted by atomic mass is 35.5. The minimum atomic E-state index is 0.543. The molecule has 0 spiro atoms. The van der Waals surface area contributed by atoms with E-state index in [1.807, 2.05) is 27.7 Å². The van der Waals surface area contributed by atoms with Crippen LogP contribution in [0.25, 0.3) is 20.4 Å². The largest absolute Gasteiger partial charge is 0.253 e. The molecule has 3 aromatic rings. The highest BCUT2D eigenvalue weighted by Crippen LogP contribution is 2.45. The van der Waals surface area contributed by atoms with Crippen molar-refractivity contribution in [2.45, 2.75) is 40.5 Å². The molecular formula is C16H18Cl2N6S2. The van der Waals surface area contributed by atoms with Gasteiger partial charge < -0.3 is 0 Å². The minimum absolute atomic E-state index is 0.543. The number of fused-ring (bicyclic) bond motifs is 2. The monoisotopic (exact) mass is 428 g/mol. The second kappa shape index (κ2) is 8.04. The Morgan fingerprint density at radius 3 is 1.58 bits per heavy atom. The highest BCUT2D eigenvalue weighted by molar-refractivity contribution is 7.25. The lowest BCUT2D eigenvalue weighted by Gasteiger charge is -1.97. The maximum Gasteiger partial charge on any atom is 0.204 e. The summed E-state index contributed by atoms with van der Waals surface area (Å²) in [5.41, 5.74) is 9.23. The van der Waals surface area contributed by atoms with Gasteiger partial charge in [-0.3, -0.25) is 10.9 Å². The van der Waals surface area contributed by atoms with Gasteiger partial charge >= 0.3 is 0 Å². The summed E-state index contributed by atoms with van der Waals surface area (Å²) in [4.78, 5) is 9.08. The van der Waals surface area contributed by atoms with Crippen molar-refractivity contribution >= 4 is 88.0 Å². The predicted molar refractivity (Wildman–Crippen MR) is 117 cm³/mol. The van der Waals surface area contributed by atoms with Gasteiger partial charge in [0.25, 0.3) is 0 Å². The quantitative estimate of drug-likeness (QED) is 0.342. The molecule has 10 heteroatoms. The second-order valence-electron chi connectivity index (χ2n) is 5.65. The van der Waals surface area contributed by atoms with Gasteiger partial charge in [-0.25, -0.2) is 9.97 Å². The number of hydrogen-bond acceptors (Lipinski definition) is 8. The van der Waals surface area contributed by atoms with Crippen LogP contribution >= 0.6 is 45.9 Å². The van der Waals surface area contributed by atoms with Gasteiger partial charge in [0, 0.05) is 11.4 Å². The zero-order chi connectivity index (χ0) is 18.8. The Bertz CT molecular complexity index is 886. The number of nitrogens with one attached hydrogen (secondary N) is 2. The Morgan fingerprint density at radius 1 is 0.846 bits per heavy atom. The van der Waals surface area contributed by atoms with Crippen molar-refractivity contribution in [3.05, 3.63) is 10.0 Å². The van der Waals surface area contributed by atoms with Crippen LogP contribution in [0.15, 0.2) is 10.2 Å². The van der Waals surface area contributed by atoms with Gasteiger partial charge in [0.05, 0.1) is 19.4 Å². The van der Waals surface area contributed by atoms with Crippen LogP contribution in [0.5, 0.6) is 0 Å². The standard InChI is InChI=1S/C16H18Cl2N6S2/c1-5-7(3)21-23-15-19-11-9(17)14-12(10(18)13(11)25-15)20-16(26-14)24-22-8(4)6-2/h5-6H2,1-4H3,(H,19,23)(H,20,24)/b21-7-,22-8+. The van der Waals surface area contributed by atoms with Crippen LogP contribution in [0.1, 0.15) is 40.5 Å². The van der Waals surface area contributed by atoms with E-state index in [0.717, 1.165) is 33.7 Å². The second-order valence-corrected chi connectivity index (χ2v) is 8.40. The molecule has 0 radical (unpaired) electrons. The smallest absolute Gasteiger partial charge is 0.204 e. The molecule has 26 heavy (non-hydrogen) atoms. The summed E-state index contributed by atoms with van der Waals surface area (Å²) in [6, 6.07) is 0. The molecule has 2 aromatic heterocycles. The Kier molecular flexibility index (Phi) is 5.96. The highest BCUT2D eigenvalue weighted by Gasteiger charge is 2.20. The molecule has 2 N–H and O–H groups in total. The average molecular weight is 429 g/mol. The molecule has 0 aliphatic heterocycles. The summed E-state index contributed by atoms with van der Waals surface area (Å²) in [5.74, 6) is 0. The van der Waals surface area contributed by atoms with E-state index in [2.05, 4.69) is 31.0 Å². The lowest BCUT2D eigenvalue weighted by Crippen LogP contribution is -1.94. The molecule has 0 saturated heterocycles. The van der Waals surface area contributed by atoms with Gasteiger partial charge in [-0.05, 0) is 26.7 Å². The molecule has 0 fully saturated rings. The normalized spacial score (nSPS) is 13.0. The van der Waals surface area contributed by atoms with Gasteiger partial charge in [-0.1, -0.05) is 59.7 Å². The molecule has 0 saturated carbocycles. The maximum atomic E-state index is 6.58. The van der Waals surface area contributed by atoms with Crippen molar-refractivity contribution in [1.82, 2.24) is 9.97 Å². The molecule has 0 aliphatic carbocycles. The van der Waals surface area contributed by atoms with Crippen LogP contribution < -0.4 is 10.9 Å². The number of hydrazone groups is 2. The third kappa shape index (κ3) is 3.78. The topological polar surface area (TPSA) is 74.6 Å². The molecule has 0 aliphatic rings. The number of aromatic nitrogens is 2. The lowest BCUT2D eigenvalue weighted by molar-refractivity contribution is 1.20. The number of halogens is 2. The fourth-order valence-corrected chi connectivity index (χ4v) is 4.49. The first-order valence-corrected chi connectivity index (χ1v) is 10.5. The fraction of sp³-hybridized carbons (Fsp3) is 0.375. The van der Waals surface area contributed by atoms with E-state index in [1.165, 1.54) is 22.7 Å². The number of nitrogens with zero attached hydrogens (tertiary/aromatic N) is 4. The Hall–Kier alpha value is -1.48. The van der Waals surface area contributed by atoms with E-state index < -0.39 is 0 Å². The van der Waals surface area contributed by atoms with E-state index in [9.17, 15) is 0 Å². The van der Waals surface area contributed by atoms with Crippen LogP contribution in [0.2, 0.25) is 10.0 Å². The number of rotatable bonds is 6. The van der Waals surface area contributed by atoms with Gasteiger partial charge in [0.2, 0.25) is 10.3 Å². The molecule has 0 atom stereocenters. The summed E-state index contributed by atoms with van der Waals surface area (Å²) in [7, 11) is 0. The fourth-order valence-electron chi connectivity index (χ4n) is 1.99. The average Bonchev–Trinajstić information content (AvgIpc) is 3.27. The Labute approximate surface area is 169 Å². The van der Waals surface area contributed by atoms with Crippen LogP contribution in [-0.4, -0.2) is 21.4 Å². The lowest BCUT2D eigenvalue weighted by atomic mass is 10.3. The van der Waals surface area contributed by atoms with Crippen LogP contribution in [0.3, 0.4) is 0 Å². The van der Waals surface area contributed by atoms with Crippen molar-refractivity contribution in [3.63, 3.8) is 0 Å². The van der Waals surface area contributed by atoms with Crippen LogP contribution in [-0.2, 0) is 0 Å². The molecule has 0 amide bonds. The number of thiazole rings is 2. The van der Waals surface area contributed by atoms with Gasteiger partial charge in [-0.15, -0.1) is 0 Å². The number of hydrogen-bond donors (Lipinski definition) is 2. The molecule has 3 rings (SSSR count). The zero-order valence-electron chi connectivity index (χ0n) is 14.8.